The van der Waals surface area contributed by atoms with Crippen LogP contribution in [0.15, 0.2) is 36.4 Å². The summed E-state index contributed by atoms with van der Waals surface area (Å²) < 4.78 is 13.8. The monoisotopic (exact) mass is 257 g/mol. The predicted molar refractivity (Wildman–Crippen MR) is 79.1 cm³/mol. The van der Waals surface area contributed by atoms with Gasteiger partial charge in [-0.2, -0.15) is 0 Å². The number of halogens is 1. The van der Waals surface area contributed by atoms with E-state index in [-0.39, 0.29) is 11.9 Å². The van der Waals surface area contributed by atoms with Crippen LogP contribution in [0.3, 0.4) is 0 Å². The van der Waals surface area contributed by atoms with Crippen LogP contribution < -0.4 is 5.32 Å². The van der Waals surface area contributed by atoms with Gasteiger partial charge in [0.2, 0.25) is 0 Å². The van der Waals surface area contributed by atoms with Crippen molar-refractivity contribution >= 4 is 5.69 Å². The number of para-hydroxylation sites is 1. The second-order valence-corrected chi connectivity index (χ2v) is 5.16. The number of hydrogen-bond donors (Lipinski definition) is 1. The Bertz CT molecular complexity index is 570. The van der Waals surface area contributed by atoms with Crippen molar-refractivity contribution in [2.75, 3.05) is 5.32 Å². The lowest BCUT2D eigenvalue weighted by atomic mass is 10.00. The Morgan fingerprint density at radius 3 is 2.37 bits per heavy atom. The van der Waals surface area contributed by atoms with Crippen molar-refractivity contribution < 1.29 is 4.39 Å². The van der Waals surface area contributed by atoms with Crippen molar-refractivity contribution in [3.05, 3.63) is 64.5 Å². The first-order valence-electron chi connectivity index (χ1n) is 6.58. The van der Waals surface area contributed by atoms with Crippen LogP contribution in [0.4, 0.5) is 10.1 Å². The van der Waals surface area contributed by atoms with E-state index in [1.807, 2.05) is 13.0 Å². The van der Waals surface area contributed by atoms with Gasteiger partial charge < -0.3 is 5.32 Å². The van der Waals surface area contributed by atoms with E-state index in [9.17, 15) is 4.39 Å². The lowest BCUT2D eigenvalue weighted by molar-refractivity contribution is 0.626. The van der Waals surface area contributed by atoms with Crippen molar-refractivity contribution in [1.29, 1.82) is 0 Å². The van der Waals surface area contributed by atoms with Gasteiger partial charge in [-0.15, -0.1) is 0 Å². The number of anilines is 1. The number of rotatable bonds is 3. The Hall–Kier alpha value is -1.83. The van der Waals surface area contributed by atoms with Crippen LogP contribution in [0.25, 0.3) is 0 Å². The summed E-state index contributed by atoms with van der Waals surface area (Å²) in [6.45, 7) is 8.15. The molecule has 2 rings (SSSR count). The highest BCUT2D eigenvalue weighted by Gasteiger charge is 2.12. The van der Waals surface area contributed by atoms with E-state index >= 15 is 0 Å². The van der Waals surface area contributed by atoms with Crippen molar-refractivity contribution in [2.45, 2.75) is 33.7 Å². The van der Waals surface area contributed by atoms with Crippen LogP contribution in [0, 0.1) is 26.6 Å². The Morgan fingerprint density at radius 1 is 1.00 bits per heavy atom. The van der Waals surface area contributed by atoms with Gasteiger partial charge >= 0.3 is 0 Å². The fourth-order valence-corrected chi connectivity index (χ4v) is 2.42. The number of benzene rings is 2. The normalized spacial score (nSPS) is 12.3. The molecular formula is C17H20FN. The second kappa shape index (κ2) is 5.43. The molecule has 2 heteroatoms. The highest BCUT2D eigenvalue weighted by atomic mass is 19.1. The topological polar surface area (TPSA) is 12.0 Å². The Morgan fingerprint density at radius 2 is 1.74 bits per heavy atom. The molecule has 1 N–H and O–H groups in total. The molecule has 0 fully saturated rings. The summed E-state index contributed by atoms with van der Waals surface area (Å²) in [7, 11) is 0. The minimum absolute atomic E-state index is 0.0798. The zero-order chi connectivity index (χ0) is 14.0. The van der Waals surface area contributed by atoms with Crippen molar-refractivity contribution in [3.8, 4) is 0 Å². The van der Waals surface area contributed by atoms with E-state index in [1.165, 1.54) is 22.8 Å². The van der Waals surface area contributed by atoms with Crippen LogP contribution in [0.1, 0.15) is 35.2 Å². The van der Waals surface area contributed by atoms with Gasteiger partial charge in [-0.1, -0.05) is 35.9 Å². The number of aryl methyl sites for hydroxylation is 3. The smallest absolute Gasteiger partial charge is 0.146 e. The van der Waals surface area contributed by atoms with E-state index in [0.717, 1.165) is 5.56 Å². The molecule has 100 valence electrons. The molecule has 0 radical (unpaired) electrons. The Kier molecular flexibility index (Phi) is 3.89. The lowest BCUT2D eigenvalue weighted by Crippen LogP contribution is -2.10. The van der Waals surface area contributed by atoms with E-state index < -0.39 is 0 Å². The summed E-state index contributed by atoms with van der Waals surface area (Å²) in [6.07, 6.45) is 0. The summed E-state index contributed by atoms with van der Waals surface area (Å²) in [5.41, 5.74) is 5.20. The molecule has 2 aromatic carbocycles. The summed E-state index contributed by atoms with van der Waals surface area (Å²) in [6, 6.07) is 11.6. The molecule has 0 saturated carbocycles. The Balaban J connectivity index is 2.28. The molecule has 2 aromatic rings. The largest absolute Gasteiger partial charge is 0.376 e. The summed E-state index contributed by atoms with van der Waals surface area (Å²) in [5.74, 6) is -0.198. The van der Waals surface area contributed by atoms with Crippen LogP contribution in [-0.2, 0) is 0 Å². The molecule has 0 aliphatic rings. The van der Waals surface area contributed by atoms with Crippen LogP contribution in [-0.4, -0.2) is 0 Å². The third-order valence-electron chi connectivity index (χ3n) is 3.47. The van der Waals surface area contributed by atoms with Crippen LogP contribution in [0.5, 0.6) is 0 Å². The van der Waals surface area contributed by atoms with E-state index in [1.54, 1.807) is 6.07 Å². The molecule has 0 aromatic heterocycles. The van der Waals surface area contributed by atoms with E-state index in [4.69, 9.17) is 0 Å². The minimum atomic E-state index is -0.198. The first kappa shape index (κ1) is 13.6. The number of hydrogen-bond acceptors (Lipinski definition) is 1. The molecule has 1 unspecified atom stereocenters. The highest BCUT2D eigenvalue weighted by Crippen LogP contribution is 2.26. The molecule has 0 aliphatic heterocycles. The van der Waals surface area contributed by atoms with Gasteiger partial charge in [0.15, 0.2) is 0 Å². The lowest BCUT2D eigenvalue weighted by Gasteiger charge is -2.20. The fourth-order valence-electron chi connectivity index (χ4n) is 2.42. The molecule has 0 aliphatic carbocycles. The highest BCUT2D eigenvalue weighted by molar-refractivity contribution is 5.53. The first-order valence-corrected chi connectivity index (χ1v) is 6.58. The third kappa shape index (κ3) is 2.95. The van der Waals surface area contributed by atoms with Crippen molar-refractivity contribution in [1.82, 2.24) is 0 Å². The first-order chi connectivity index (χ1) is 8.99. The predicted octanol–water partition coefficient (Wildman–Crippen LogP) is 4.92. The van der Waals surface area contributed by atoms with Gasteiger partial charge in [-0.3, -0.25) is 0 Å². The molecule has 0 saturated heterocycles. The number of nitrogens with one attached hydrogen (secondary N) is 1. The van der Waals surface area contributed by atoms with E-state index in [0.29, 0.717) is 5.69 Å². The van der Waals surface area contributed by atoms with Gasteiger partial charge in [0.1, 0.15) is 5.82 Å². The van der Waals surface area contributed by atoms with E-state index in [2.05, 4.69) is 44.3 Å². The molecule has 0 amide bonds. The Labute approximate surface area is 114 Å². The van der Waals surface area contributed by atoms with Gasteiger partial charge in [0, 0.05) is 6.04 Å². The minimum Gasteiger partial charge on any atom is -0.376 e. The fraction of sp³-hybridized carbons (Fsp3) is 0.294. The molecule has 0 heterocycles. The quantitative estimate of drug-likeness (QED) is 0.822. The molecule has 1 nitrogen and oxygen atoms in total. The second-order valence-electron chi connectivity index (χ2n) is 5.16. The van der Waals surface area contributed by atoms with Gasteiger partial charge in [0.05, 0.1) is 5.69 Å². The van der Waals surface area contributed by atoms with Crippen LogP contribution >= 0.6 is 0 Å². The zero-order valence-corrected chi connectivity index (χ0v) is 11.9. The molecule has 19 heavy (non-hydrogen) atoms. The average Bonchev–Trinajstić information content (AvgIpc) is 2.33. The van der Waals surface area contributed by atoms with Gasteiger partial charge in [0.25, 0.3) is 0 Å². The molecule has 0 bridgehead atoms. The maximum absolute atomic E-state index is 13.8. The third-order valence-corrected chi connectivity index (χ3v) is 3.47. The molecule has 0 spiro atoms. The van der Waals surface area contributed by atoms with Crippen molar-refractivity contribution in [2.24, 2.45) is 0 Å². The summed E-state index contributed by atoms with van der Waals surface area (Å²) in [5, 5.41) is 3.28. The maximum atomic E-state index is 13.8. The molecular weight excluding hydrogens is 237 g/mol. The summed E-state index contributed by atoms with van der Waals surface area (Å²) >= 11 is 0. The SMILES string of the molecule is Cc1ccc(C(C)Nc2c(C)cccc2F)c(C)c1. The maximum Gasteiger partial charge on any atom is 0.146 e. The molecule has 1 atom stereocenters. The van der Waals surface area contributed by atoms with Crippen LogP contribution in [0.2, 0.25) is 0 Å². The zero-order valence-electron chi connectivity index (χ0n) is 11.9. The van der Waals surface area contributed by atoms with Crippen molar-refractivity contribution in [3.63, 3.8) is 0 Å². The van der Waals surface area contributed by atoms with Gasteiger partial charge in [-0.05, 0) is 50.5 Å². The van der Waals surface area contributed by atoms with Gasteiger partial charge in [-0.25, -0.2) is 4.39 Å². The summed E-state index contributed by atoms with van der Waals surface area (Å²) in [4.78, 5) is 0. The standard InChI is InChI=1S/C17H20FN/c1-11-8-9-15(13(3)10-11)14(4)19-17-12(2)6-5-7-16(17)18/h5-10,14,19H,1-4H3. The average molecular weight is 257 g/mol.